The van der Waals surface area contributed by atoms with Crippen LogP contribution in [0.5, 0.6) is 11.5 Å². The van der Waals surface area contributed by atoms with Crippen LogP contribution in [0.15, 0.2) is 60.0 Å². The van der Waals surface area contributed by atoms with Crippen LogP contribution >= 0.6 is 11.3 Å². The van der Waals surface area contributed by atoms with Crippen molar-refractivity contribution in [3.8, 4) is 11.5 Å². The molecule has 0 fully saturated rings. The molecule has 1 aromatic heterocycles. The highest BCUT2D eigenvalue weighted by molar-refractivity contribution is 7.09. The molecule has 2 aromatic carbocycles. The fourth-order valence-electron chi connectivity index (χ4n) is 2.53. The minimum Gasteiger partial charge on any atom is -1.00 e. The summed E-state index contributed by atoms with van der Waals surface area (Å²) in [4.78, 5) is 1.34. The predicted molar refractivity (Wildman–Crippen MR) is 103 cm³/mol. The van der Waals surface area contributed by atoms with Gasteiger partial charge < -0.3 is 27.2 Å². The largest absolute Gasteiger partial charge is 1.00 e. The first-order valence-corrected chi connectivity index (χ1v) is 9.21. The van der Waals surface area contributed by atoms with Crippen molar-refractivity contribution in [1.82, 2.24) is 5.32 Å². The second kappa shape index (κ2) is 10.2. The Labute approximate surface area is 165 Å². The zero-order chi connectivity index (χ0) is 17.5. The van der Waals surface area contributed by atoms with E-state index in [0.717, 1.165) is 30.2 Å². The molecular formula is C21H23ClNO2S-. The Morgan fingerprint density at radius 1 is 0.923 bits per heavy atom. The molecule has 5 heteroatoms. The maximum atomic E-state index is 5.93. The molecule has 1 N–H and O–H groups in total. The average molecular weight is 389 g/mol. The van der Waals surface area contributed by atoms with E-state index >= 15 is 0 Å². The van der Waals surface area contributed by atoms with Gasteiger partial charge >= 0.3 is 0 Å². The van der Waals surface area contributed by atoms with Crippen molar-refractivity contribution in [3.63, 3.8) is 0 Å². The number of rotatable bonds is 8. The minimum absolute atomic E-state index is 0. The molecule has 138 valence electrons. The number of hydrogen-bond donors (Lipinski definition) is 1. The van der Waals surface area contributed by atoms with Crippen LogP contribution in [-0.2, 0) is 19.7 Å². The number of methoxy groups -OCH3 is 1. The zero-order valence-electron chi connectivity index (χ0n) is 15.0. The van der Waals surface area contributed by atoms with Gasteiger partial charge in [-0.25, -0.2) is 0 Å². The van der Waals surface area contributed by atoms with E-state index in [1.165, 1.54) is 16.0 Å². The molecule has 3 nitrogen and oxygen atoms in total. The van der Waals surface area contributed by atoms with Crippen molar-refractivity contribution in [2.45, 2.75) is 26.6 Å². The second-order valence-electron chi connectivity index (χ2n) is 5.94. The van der Waals surface area contributed by atoms with Gasteiger partial charge in [0.1, 0.15) is 6.61 Å². The Morgan fingerprint density at radius 3 is 2.38 bits per heavy atom. The summed E-state index contributed by atoms with van der Waals surface area (Å²) in [6.07, 6.45) is 0. The van der Waals surface area contributed by atoms with Crippen molar-refractivity contribution in [2.24, 2.45) is 0 Å². The van der Waals surface area contributed by atoms with E-state index in [1.807, 2.05) is 12.1 Å². The third-order valence-electron chi connectivity index (χ3n) is 3.95. The van der Waals surface area contributed by atoms with Crippen LogP contribution in [-0.4, -0.2) is 7.11 Å². The van der Waals surface area contributed by atoms with Crippen molar-refractivity contribution in [3.05, 3.63) is 81.5 Å². The topological polar surface area (TPSA) is 30.5 Å². The number of nitrogens with one attached hydrogen (secondary N) is 1. The van der Waals surface area contributed by atoms with Gasteiger partial charge in [-0.1, -0.05) is 42.0 Å². The molecule has 0 aliphatic carbocycles. The molecule has 0 unspecified atom stereocenters. The van der Waals surface area contributed by atoms with E-state index in [9.17, 15) is 0 Å². The lowest BCUT2D eigenvalue weighted by molar-refractivity contribution is -0.00000564. The minimum atomic E-state index is 0. The average Bonchev–Trinajstić information content (AvgIpc) is 3.15. The van der Waals surface area contributed by atoms with Crippen molar-refractivity contribution in [1.29, 1.82) is 0 Å². The van der Waals surface area contributed by atoms with E-state index < -0.39 is 0 Å². The maximum Gasteiger partial charge on any atom is 0.161 e. The van der Waals surface area contributed by atoms with Gasteiger partial charge in [0, 0.05) is 18.0 Å². The Bertz CT molecular complexity index is 788. The van der Waals surface area contributed by atoms with Crippen molar-refractivity contribution < 1.29 is 21.9 Å². The summed E-state index contributed by atoms with van der Waals surface area (Å²) in [7, 11) is 1.68. The van der Waals surface area contributed by atoms with Crippen molar-refractivity contribution >= 4 is 11.3 Å². The molecule has 0 saturated carbocycles. The van der Waals surface area contributed by atoms with Crippen LogP contribution in [0, 0.1) is 6.92 Å². The highest BCUT2D eigenvalue weighted by atomic mass is 35.5. The molecule has 1 heterocycles. The molecule has 0 bridgehead atoms. The molecule has 3 aromatic rings. The first-order chi connectivity index (χ1) is 12.2. The Kier molecular flexibility index (Phi) is 7.98. The first kappa shape index (κ1) is 20.3. The highest BCUT2D eigenvalue weighted by Crippen LogP contribution is 2.29. The Hall–Kier alpha value is -2.01. The van der Waals surface area contributed by atoms with Crippen LogP contribution < -0.4 is 27.2 Å². The van der Waals surface area contributed by atoms with E-state index in [0.29, 0.717) is 6.61 Å². The second-order valence-corrected chi connectivity index (χ2v) is 6.97. The third-order valence-corrected chi connectivity index (χ3v) is 4.83. The van der Waals surface area contributed by atoms with Gasteiger partial charge in [-0.15, -0.1) is 11.3 Å². The number of thiophene rings is 1. The fraction of sp³-hybridized carbons (Fsp3) is 0.238. The number of halogens is 1. The SMILES string of the molecule is COc1cc(CNCc2cccs2)ccc1OCc1ccc(C)cc1.[Cl-]. The van der Waals surface area contributed by atoms with Gasteiger partial charge in [-0.05, 0) is 41.6 Å². The van der Waals surface area contributed by atoms with Crippen LogP contribution in [0.25, 0.3) is 0 Å². The van der Waals surface area contributed by atoms with Gasteiger partial charge in [0.25, 0.3) is 0 Å². The lowest BCUT2D eigenvalue weighted by Gasteiger charge is -2.13. The number of hydrogen-bond acceptors (Lipinski definition) is 4. The predicted octanol–water partition coefficient (Wildman–Crippen LogP) is 1.94. The molecule has 0 saturated heterocycles. The number of benzene rings is 2. The molecule has 0 spiro atoms. The van der Waals surface area contributed by atoms with Crippen LogP contribution in [0.3, 0.4) is 0 Å². The molecule has 0 aliphatic rings. The van der Waals surface area contributed by atoms with E-state index in [4.69, 9.17) is 9.47 Å². The van der Waals surface area contributed by atoms with Gasteiger partial charge in [-0.2, -0.15) is 0 Å². The number of ether oxygens (including phenoxy) is 2. The molecule has 0 amide bonds. The van der Waals surface area contributed by atoms with Gasteiger partial charge in [-0.3, -0.25) is 0 Å². The van der Waals surface area contributed by atoms with Gasteiger partial charge in [0.15, 0.2) is 11.5 Å². The quantitative estimate of drug-likeness (QED) is 0.639. The third kappa shape index (κ3) is 5.77. The summed E-state index contributed by atoms with van der Waals surface area (Å²) < 4.78 is 11.4. The smallest absolute Gasteiger partial charge is 0.161 e. The highest BCUT2D eigenvalue weighted by Gasteiger charge is 2.06. The van der Waals surface area contributed by atoms with Gasteiger partial charge in [0.2, 0.25) is 0 Å². The summed E-state index contributed by atoms with van der Waals surface area (Å²) in [6, 6.07) is 18.7. The Morgan fingerprint density at radius 2 is 1.69 bits per heavy atom. The first-order valence-electron chi connectivity index (χ1n) is 8.33. The van der Waals surface area contributed by atoms with E-state index in [1.54, 1.807) is 18.4 Å². The molecule has 0 atom stereocenters. The molecular weight excluding hydrogens is 366 g/mol. The Balaban J connectivity index is 0.00000243. The molecule has 0 radical (unpaired) electrons. The summed E-state index contributed by atoms with van der Waals surface area (Å²) >= 11 is 1.77. The molecule has 0 aliphatic heterocycles. The zero-order valence-corrected chi connectivity index (χ0v) is 16.6. The lowest BCUT2D eigenvalue weighted by atomic mass is 10.1. The number of aryl methyl sites for hydroxylation is 1. The normalized spacial score (nSPS) is 10.2. The lowest BCUT2D eigenvalue weighted by Crippen LogP contribution is -3.00. The summed E-state index contributed by atoms with van der Waals surface area (Å²) in [5.74, 6) is 1.53. The van der Waals surface area contributed by atoms with Gasteiger partial charge in [0.05, 0.1) is 7.11 Å². The standard InChI is InChI=1S/C21H23NO2S.ClH/c1-16-5-7-17(8-6-16)15-24-20-10-9-18(12-21(20)23-2)13-22-14-19-4-3-11-25-19;/h3-12,22H,13-15H2,1-2H3;1H/p-1. The maximum absolute atomic E-state index is 5.93. The van der Waals surface area contributed by atoms with Crippen molar-refractivity contribution in [2.75, 3.05) is 7.11 Å². The summed E-state index contributed by atoms with van der Waals surface area (Å²) in [5, 5.41) is 5.55. The van der Waals surface area contributed by atoms with Crippen LogP contribution in [0.2, 0.25) is 0 Å². The van der Waals surface area contributed by atoms with Crippen LogP contribution in [0.4, 0.5) is 0 Å². The van der Waals surface area contributed by atoms with E-state index in [-0.39, 0.29) is 12.4 Å². The fourth-order valence-corrected chi connectivity index (χ4v) is 3.20. The molecule has 26 heavy (non-hydrogen) atoms. The summed E-state index contributed by atoms with van der Waals surface area (Å²) in [5.41, 5.74) is 3.58. The van der Waals surface area contributed by atoms with E-state index in [2.05, 4.69) is 60.1 Å². The monoisotopic (exact) mass is 388 g/mol. The summed E-state index contributed by atoms with van der Waals surface area (Å²) in [6.45, 7) is 4.30. The molecule has 3 rings (SSSR count). The van der Waals surface area contributed by atoms with Crippen LogP contribution in [0.1, 0.15) is 21.6 Å².